The molecular formula is C114H124F4O15S8. The average molecular weight is 2070 g/mol. The Morgan fingerprint density at radius 2 is 0.567 bits per heavy atom. The average Bonchev–Trinajstić information content (AvgIpc) is 0.766. The summed E-state index contributed by atoms with van der Waals surface area (Å²) in [7, 11) is -18.6. The zero-order valence-electron chi connectivity index (χ0n) is 80.4. The molecule has 11 aromatic rings. The quantitative estimate of drug-likeness (QED) is 0.0123. The van der Waals surface area contributed by atoms with Gasteiger partial charge in [-0.05, 0) is 233 Å². The topological polar surface area (TPSA) is 267 Å². The summed E-state index contributed by atoms with van der Waals surface area (Å²) in [6.07, 6.45) is 30.5. The number of hydrogen-bond acceptors (Lipinski definition) is 15. The molecule has 0 spiro atoms. The zero-order chi connectivity index (χ0) is 104. The Morgan fingerprint density at radius 1 is 0.312 bits per heavy atom. The summed E-state index contributed by atoms with van der Waals surface area (Å²) in [6, 6.07) is 83.8. The predicted octanol–water partition coefficient (Wildman–Crippen LogP) is 28.7. The molecule has 0 aliphatic heterocycles. The van der Waals surface area contributed by atoms with Gasteiger partial charge in [-0.3, -0.25) is 0 Å². The number of phenols is 1. The van der Waals surface area contributed by atoms with E-state index in [0.717, 1.165) is 36.8 Å². The van der Waals surface area contributed by atoms with Crippen molar-refractivity contribution in [2.45, 2.75) is 164 Å². The number of aromatic hydroxyl groups is 1. The molecule has 0 aliphatic rings. The van der Waals surface area contributed by atoms with Crippen LogP contribution in [0.1, 0.15) is 149 Å². The number of phenolic OH excluding ortho intramolecular Hbond substituents is 1. The Kier molecular flexibility index (Phi) is 56.6. The molecule has 0 heterocycles. The van der Waals surface area contributed by atoms with Gasteiger partial charge in [0.1, 0.15) is 87.7 Å². The second-order valence-corrected chi connectivity index (χ2v) is 43.3. The van der Waals surface area contributed by atoms with Crippen LogP contribution in [0.2, 0.25) is 0 Å². The number of hydrogen-bond donors (Lipinski definition) is 1. The molecule has 0 saturated heterocycles. The van der Waals surface area contributed by atoms with E-state index in [1.54, 1.807) is 103 Å². The molecule has 0 aromatic heterocycles. The van der Waals surface area contributed by atoms with Crippen molar-refractivity contribution in [3.05, 3.63) is 504 Å². The smallest absolute Gasteiger partial charge is 0.205 e. The minimum atomic E-state index is -5.74. The standard InChI is InChI=1S/C17H16F4O4S.C17H20O4S.C16H14OS.3C14H15S.2C11H16O3S/c1-3-9(2)11-6-4-10(5-7-11)8-25-16-12(18)14(20)17(26(22,23)24)15(21)13(16)19;1-3-13(2)15-6-4-14(5-7-15)12-21-16-8-10-17(11-9-16)22(18,19)20;1-2-3-13-18(15-7-5-4-6-8-15)16-11-9-14(17)10-12-16;3*1-3-5-12-15(13-6-4-2)14-10-8-7-9-11-14;2*1-3-9(2)11-6-4-10(5-7-11)8-15(12,13)14/h4-7,9H,3,8H2,1-2H3,(H,22,23,24);4-11,13H,3,12H2,1-2H3,(H,18,19,20);2-13H,1H2;3*3-13H,1-2H2;2*4-7,9H,3,8H2,1-2H3,(H,12,13,14)/q;;;3*+1;;/p-3/b;;13-3+;3*12-5+,13-6+;;. The lowest BCUT2D eigenvalue weighted by Gasteiger charge is -2.15. The summed E-state index contributed by atoms with van der Waals surface area (Å²) in [5.41, 5.74) is 7.29. The lowest BCUT2D eigenvalue weighted by atomic mass is 9.98. The first-order valence-electron chi connectivity index (χ1n) is 44.6. The molecule has 27 heteroatoms. The Balaban J connectivity index is 0.000000339. The third-order valence-corrected chi connectivity index (χ3v) is 30.5. The normalized spacial score (nSPS) is 12.5. The second kappa shape index (κ2) is 65.8. The van der Waals surface area contributed by atoms with Crippen molar-refractivity contribution in [2.75, 3.05) is 0 Å². The van der Waals surface area contributed by atoms with Crippen LogP contribution in [0.3, 0.4) is 0 Å². The van der Waals surface area contributed by atoms with Crippen LogP contribution in [0, 0.1) is 23.3 Å². The fraction of sp³-hybridized carbons (Fsp3) is 0.175. The van der Waals surface area contributed by atoms with Crippen molar-refractivity contribution in [3.8, 4) is 17.2 Å². The van der Waals surface area contributed by atoms with Gasteiger partial charge in [0.2, 0.25) is 11.6 Å². The zero-order valence-corrected chi connectivity index (χ0v) is 86.9. The van der Waals surface area contributed by atoms with Crippen molar-refractivity contribution in [1.29, 1.82) is 0 Å². The number of ether oxygens (including phenoxy) is 2. The lowest BCUT2D eigenvalue weighted by Crippen LogP contribution is -2.12. The minimum Gasteiger partial charge on any atom is -0.748 e. The van der Waals surface area contributed by atoms with Gasteiger partial charge in [-0.15, -0.1) is 0 Å². The van der Waals surface area contributed by atoms with Gasteiger partial charge in [0.25, 0.3) is 0 Å². The Labute approximate surface area is 845 Å². The third-order valence-electron chi connectivity index (χ3n) is 20.3. The van der Waals surface area contributed by atoms with E-state index >= 15 is 0 Å². The van der Waals surface area contributed by atoms with Gasteiger partial charge in [0, 0.05) is 0 Å². The van der Waals surface area contributed by atoms with Crippen molar-refractivity contribution < 1.29 is 84.0 Å². The SMILES string of the molecule is C=C/C=C/[S+](/C=C/C=C)c1ccccc1.C=C/C=C/[S+](/C=C/C=C)c1ccccc1.C=C/C=C/[S+](/C=C/C=C)c1ccccc1.C=C/C=C/[S+](c1ccccc1)c1ccc(O)cc1.CCC(C)c1ccc(COc2c(F)c(F)c(S(=O)(=O)[O-])c(F)c2F)cc1.CCC(C)c1ccc(COc2ccc(S(=O)(=O)[O-])cc2)cc1.CCC(C)c1ccc(CS(=O)(=O)[O-])cc1.CCC(C)c1ccc(CS(=O)(=O)[O-])cc1. The highest BCUT2D eigenvalue weighted by Gasteiger charge is 2.31. The molecule has 746 valence electrons. The third kappa shape index (κ3) is 46.9. The second-order valence-electron chi connectivity index (χ2n) is 30.6. The molecule has 15 nitrogen and oxygen atoms in total. The maximum Gasteiger partial charge on any atom is 0.205 e. The first-order valence-corrected chi connectivity index (χ1v) is 55.9. The van der Waals surface area contributed by atoms with E-state index in [9.17, 15) is 74.6 Å². The molecule has 0 saturated carbocycles. The molecule has 0 bridgehead atoms. The van der Waals surface area contributed by atoms with Crippen LogP contribution in [0.5, 0.6) is 17.2 Å². The van der Waals surface area contributed by atoms with Crippen molar-refractivity contribution in [2.24, 2.45) is 0 Å². The highest BCUT2D eigenvalue weighted by molar-refractivity contribution is 8.03. The molecule has 11 rings (SSSR count). The van der Waals surface area contributed by atoms with Crippen molar-refractivity contribution >= 4 is 84.1 Å². The molecule has 0 amide bonds. The largest absolute Gasteiger partial charge is 0.748 e. The first-order chi connectivity index (χ1) is 67.3. The summed E-state index contributed by atoms with van der Waals surface area (Å²) >= 11 is 0. The molecule has 1 N–H and O–H groups in total. The molecule has 5 unspecified atom stereocenters. The van der Waals surface area contributed by atoms with Gasteiger partial charge in [0.05, 0.1) is 80.2 Å². The highest BCUT2D eigenvalue weighted by Crippen LogP contribution is 2.35. The molecule has 0 radical (unpaired) electrons. The Morgan fingerprint density at radius 3 is 0.823 bits per heavy atom. The van der Waals surface area contributed by atoms with E-state index in [2.05, 4.69) is 223 Å². The van der Waals surface area contributed by atoms with E-state index in [4.69, 9.17) is 9.47 Å². The van der Waals surface area contributed by atoms with Crippen LogP contribution in [-0.4, -0.2) is 57.0 Å². The van der Waals surface area contributed by atoms with Crippen LogP contribution in [0.15, 0.2) is 470 Å². The highest BCUT2D eigenvalue weighted by atomic mass is 32.2. The van der Waals surface area contributed by atoms with E-state index in [1.807, 2.05) is 141 Å². The van der Waals surface area contributed by atoms with Crippen LogP contribution in [0.25, 0.3) is 0 Å². The number of allylic oxidation sites excluding steroid dienone is 14. The van der Waals surface area contributed by atoms with Crippen molar-refractivity contribution in [1.82, 2.24) is 0 Å². The maximum atomic E-state index is 13.8. The summed E-state index contributed by atoms with van der Waals surface area (Å²) in [4.78, 5) is 3.87. The molecular weight excluding hydrogens is 1940 g/mol. The van der Waals surface area contributed by atoms with Crippen LogP contribution in [0.4, 0.5) is 17.6 Å². The van der Waals surface area contributed by atoms with Crippen LogP contribution < -0.4 is 9.47 Å². The number of benzene rings is 11. The molecule has 141 heavy (non-hydrogen) atoms. The molecule has 5 atom stereocenters. The summed E-state index contributed by atoms with van der Waals surface area (Å²) in [5.74, 6) is -8.50. The van der Waals surface area contributed by atoms with E-state index in [1.165, 1.54) is 65.4 Å². The minimum absolute atomic E-state index is 0.00877. The van der Waals surface area contributed by atoms with E-state index in [-0.39, 0.29) is 48.5 Å². The van der Waals surface area contributed by atoms with Crippen LogP contribution >= 0.6 is 0 Å². The summed E-state index contributed by atoms with van der Waals surface area (Å²) in [5, 5.41) is 24.3. The van der Waals surface area contributed by atoms with Gasteiger partial charge >= 0.3 is 0 Å². The lowest BCUT2D eigenvalue weighted by molar-refractivity contribution is 0.256. The van der Waals surface area contributed by atoms with E-state index < -0.39 is 92.5 Å². The Bertz CT molecular complexity index is 6010. The molecule has 0 aliphatic carbocycles. The number of rotatable bonds is 39. The summed E-state index contributed by atoms with van der Waals surface area (Å²) < 4.78 is 193. The Hall–Kier alpha value is -12.1. The van der Waals surface area contributed by atoms with Gasteiger partial charge < -0.3 is 32.8 Å². The fourth-order valence-corrected chi connectivity index (χ4v) is 20.2. The monoisotopic (exact) mass is 2060 g/mol. The first kappa shape index (κ1) is 121. The van der Waals surface area contributed by atoms with E-state index in [0.29, 0.717) is 58.5 Å². The predicted molar refractivity (Wildman–Crippen MR) is 575 cm³/mol. The van der Waals surface area contributed by atoms with Gasteiger partial charge in [0.15, 0.2) is 41.9 Å². The van der Waals surface area contributed by atoms with Gasteiger partial charge in [-0.1, -0.05) is 314 Å². The van der Waals surface area contributed by atoms with Gasteiger partial charge in [-0.2, -0.15) is 8.78 Å². The maximum absolute atomic E-state index is 13.8. The van der Waals surface area contributed by atoms with Crippen molar-refractivity contribution in [3.63, 3.8) is 0 Å². The summed E-state index contributed by atoms with van der Waals surface area (Å²) in [6.45, 7) is 42.6. The molecule has 11 aromatic carbocycles. The van der Waals surface area contributed by atoms with Crippen LogP contribution in [-0.2, 0) is 109 Å². The number of halogens is 4. The van der Waals surface area contributed by atoms with Gasteiger partial charge in [-0.25, -0.2) is 42.5 Å². The molecule has 0 fully saturated rings. The fourth-order valence-electron chi connectivity index (χ4n) is 11.9.